The van der Waals surface area contributed by atoms with Crippen molar-refractivity contribution in [3.8, 4) is 23.3 Å². The van der Waals surface area contributed by atoms with Gasteiger partial charge in [-0.3, -0.25) is 4.79 Å². The predicted octanol–water partition coefficient (Wildman–Crippen LogP) is 5.16. The second-order valence-corrected chi connectivity index (χ2v) is 6.63. The van der Waals surface area contributed by atoms with E-state index in [0.717, 1.165) is 12.0 Å². The fourth-order valence-corrected chi connectivity index (χ4v) is 2.91. The average molecular weight is 421 g/mol. The van der Waals surface area contributed by atoms with Gasteiger partial charge in [-0.1, -0.05) is 13.0 Å². The van der Waals surface area contributed by atoms with Gasteiger partial charge in [0.15, 0.2) is 11.5 Å². The minimum atomic E-state index is -0.498. The molecule has 2 rings (SSSR count). The molecule has 0 saturated heterocycles. The summed E-state index contributed by atoms with van der Waals surface area (Å²) in [5, 5.41) is 12.3. The number of anilines is 1. The number of amides is 1. The van der Waals surface area contributed by atoms with Gasteiger partial charge >= 0.3 is 0 Å². The van der Waals surface area contributed by atoms with Gasteiger partial charge in [0, 0.05) is 11.3 Å². The highest BCUT2D eigenvalue weighted by Crippen LogP contribution is 2.34. The molecular weight excluding hydrogens is 392 g/mol. The highest BCUT2D eigenvalue weighted by atomic mass is 16.5. The van der Waals surface area contributed by atoms with Crippen LogP contribution in [0.25, 0.3) is 6.08 Å². The van der Waals surface area contributed by atoms with Crippen LogP contribution in [0.4, 0.5) is 5.69 Å². The molecule has 162 valence electrons. The Labute approximate surface area is 183 Å². The average Bonchev–Trinajstić information content (AvgIpc) is 2.78. The molecular formula is C25H28N2O4. The maximum atomic E-state index is 12.6. The third kappa shape index (κ3) is 6.65. The third-order valence-electron chi connectivity index (χ3n) is 4.29. The second-order valence-electron chi connectivity index (χ2n) is 6.63. The van der Waals surface area contributed by atoms with Crippen LogP contribution in [-0.2, 0) is 11.2 Å². The second kappa shape index (κ2) is 12.1. The van der Waals surface area contributed by atoms with Gasteiger partial charge in [0.25, 0.3) is 5.91 Å². The molecule has 0 radical (unpaired) electrons. The van der Waals surface area contributed by atoms with E-state index in [4.69, 9.17) is 14.2 Å². The molecule has 2 aromatic rings. The van der Waals surface area contributed by atoms with E-state index in [1.54, 1.807) is 43.5 Å². The van der Waals surface area contributed by atoms with Crippen LogP contribution < -0.4 is 19.5 Å². The molecule has 31 heavy (non-hydrogen) atoms. The summed E-state index contributed by atoms with van der Waals surface area (Å²) >= 11 is 0. The number of carbonyl (C=O) groups is 1. The summed E-state index contributed by atoms with van der Waals surface area (Å²) in [5.74, 6) is 1.41. The smallest absolute Gasteiger partial charge is 0.266 e. The number of allylic oxidation sites excluding steroid dienone is 1. The number of nitrogens with one attached hydrogen (secondary N) is 1. The molecule has 0 bridgehead atoms. The Morgan fingerprint density at radius 1 is 1.19 bits per heavy atom. The first kappa shape index (κ1) is 23.6. The van der Waals surface area contributed by atoms with Crippen molar-refractivity contribution in [3.05, 3.63) is 65.8 Å². The molecule has 0 atom stereocenters. The number of carbonyl (C=O) groups excluding carboxylic acids is 1. The third-order valence-corrected chi connectivity index (χ3v) is 4.29. The van der Waals surface area contributed by atoms with Crippen molar-refractivity contribution >= 4 is 17.7 Å². The molecule has 0 unspecified atom stereocenters. The maximum absolute atomic E-state index is 12.6. The molecule has 1 N–H and O–H groups in total. The summed E-state index contributed by atoms with van der Waals surface area (Å²) in [6.07, 6.45) is 4.73. The molecule has 2 aromatic carbocycles. The normalized spacial score (nSPS) is 10.7. The van der Waals surface area contributed by atoms with Gasteiger partial charge in [-0.25, -0.2) is 0 Å². The minimum absolute atomic E-state index is 0.0253. The number of hydrogen-bond donors (Lipinski definition) is 1. The van der Waals surface area contributed by atoms with Gasteiger partial charge in [-0.2, -0.15) is 5.26 Å². The van der Waals surface area contributed by atoms with Crippen LogP contribution >= 0.6 is 0 Å². The SMILES string of the molecule is C=CCc1cc(/C=C(\C#N)C(=O)Nc2ccc(OCC)cc2)cc(OC)c1OCCC. The predicted molar refractivity (Wildman–Crippen MR) is 123 cm³/mol. The van der Waals surface area contributed by atoms with Crippen LogP contribution in [0, 0.1) is 11.3 Å². The Kier molecular flexibility index (Phi) is 9.18. The van der Waals surface area contributed by atoms with Gasteiger partial charge in [-0.15, -0.1) is 6.58 Å². The fourth-order valence-electron chi connectivity index (χ4n) is 2.91. The lowest BCUT2D eigenvalue weighted by atomic mass is 10.0. The van der Waals surface area contributed by atoms with E-state index in [2.05, 4.69) is 11.9 Å². The molecule has 6 heteroatoms. The number of nitrogens with zero attached hydrogens (tertiary/aromatic N) is 1. The zero-order valence-electron chi connectivity index (χ0n) is 18.2. The van der Waals surface area contributed by atoms with Gasteiger partial charge in [0.2, 0.25) is 0 Å². The first-order valence-electron chi connectivity index (χ1n) is 10.2. The lowest BCUT2D eigenvalue weighted by Gasteiger charge is -2.15. The van der Waals surface area contributed by atoms with E-state index in [1.807, 2.05) is 26.0 Å². The molecule has 6 nitrogen and oxygen atoms in total. The molecule has 0 fully saturated rings. The standard InChI is InChI=1S/C25H28N2O4/c1-5-8-19-14-18(16-23(29-4)24(19)31-13-6-2)15-20(17-26)25(28)27-21-9-11-22(12-10-21)30-7-3/h5,9-12,14-16H,1,6-8,13H2,2-4H3,(H,27,28)/b20-15+. The Morgan fingerprint density at radius 3 is 2.52 bits per heavy atom. The van der Waals surface area contributed by atoms with Crippen LogP contribution in [0.3, 0.4) is 0 Å². The molecule has 0 aromatic heterocycles. The Hall–Kier alpha value is -3.72. The van der Waals surface area contributed by atoms with Gasteiger partial charge < -0.3 is 19.5 Å². The van der Waals surface area contributed by atoms with Gasteiger partial charge in [0.1, 0.15) is 17.4 Å². The first-order valence-corrected chi connectivity index (χ1v) is 10.2. The molecule has 0 saturated carbocycles. The first-order chi connectivity index (χ1) is 15.1. The van der Waals surface area contributed by atoms with Crippen LogP contribution in [0.15, 0.2) is 54.6 Å². The molecule has 0 spiro atoms. The van der Waals surface area contributed by atoms with Crippen LogP contribution in [0.5, 0.6) is 17.2 Å². The molecule has 1 amide bonds. The van der Waals surface area contributed by atoms with E-state index >= 15 is 0 Å². The zero-order valence-corrected chi connectivity index (χ0v) is 18.2. The summed E-state index contributed by atoms with van der Waals surface area (Å²) in [7, 11) is 1.56. The van der Waals surface area contributed by atoms with Crippen LogP contribution in [0.1, 0.15) is 31.4 Å². The van der Waals surface area contributed by atoms with Crippen molar-refractivity contribution in [1.82, 2.24) is 0 Å². The van der Waals surface area contributed by atoms with Crippen molar-refractivity contribution in [3.63, 3.8) is 0 Å². The summed E-state index contributed by atoms with van der Waals surface area (Å²) in [6.45, 7) is 8.84. The van der Waals surface area contributed by atoms with Crippen molar-refractivity contribution < 1.29 is 19.0 Å². The lowest BCUT2D eigenvalue weighted by molar-refractivity contribution is -0.112. The van der Waals surface area contributed by atoms with Crippen LogP contribution in [0.2, 0.25) is 0 Å². The van der Waals surface area contributed by atoms with E-state index in [1.165, 1.54) is 6.08 Å². The van der Waals surface area contributed by atoms with E-state index in [0.29, 0.717) is 48.1 Å². The van der Waals surface area contributed by atoms with Crippen molar-refractivity contribution in [1.29, 1.82) is 5.26 Å². The fraction of sp³-hybridized carbons (Fsp3) is 0.280. The largest absolute Gasteiger partial charge is 0.494 e. The Morgan fingerprint density at radius 2 is 1.94 bits per heavy atom. The quantitative estimate of drug-likeness (QED) is 0.309. The summed E-state index contributed by atoms with van der Waals surface area (Å²) < 4.78 is 16.7. The molecule has 0 aliphatic carbocycles. The highest BCUT2D eigenvalue weighted by Gasteiger charge is 2.15. The van der Waals surface area contributed by atoms with Crippen molar-refractivity contribution in [2.45, 2.75) is 26.7 Å². The lowest BCUT2D eigenvalue weighted by Crippen LogP contribution is -2.13. The molecule has 0 aliphatic rings. The van der Waals surface area contributed by atoms with Gasteiger partial charge in [-0.05, 0) is 67.8 Å². The summed E-state index contributed by atoms with van der Waals surface area (Å²) in [4.78, 5) is 12.6. The number of rotatable bonds is 11. The van der Waals surface area contributed by atoms with Crippen molar-refractivity contribution in [2.24, 2.45) is 0 Å². The van der Waals surface area contributed by atoms with Crippen LogP contribution in [-0.4, -0.2) is 26.2 Å². The van der Waals surface area contributed by atoms with E-state index in [9.17, 15) is 10.1 Å². The zero-order chi connectivity index (χ0) is 22.6. The highest BCUT2D eigenvalue weighted by molar-refractivity contribution is 6.09. The monoisotopic (exact) mass is 420 g/mol. The molecule has 0 heterocycles. The molecule has 0 aliphatic heterocycles. The number of nitriles is 1. The number of benzene rings is 2. The van der Waals surface area contributed by atoms with Crippen molar-refractivity contribution in [2.75, 3.05) is 25.6 Å². The van der Waals surface area contributed by atoms with E-state index in [-0.39, 0.29) is 5.57 Å². The topological polar surface area (TPSA) is 80.6 Å². The maximum Gasteiger partial charge on any atom is 0.266 e. The summed E-state index contributed by atoms with van der Waals surface area (Å²) in [6, 6.07) is 12.6. The number of hydrogen-bond acceptors (Lipinski definition) is 5. The number of methoxy groups -OCH3 is 1. The minimum Gasteiger partial charge on any atom is -0.494 e. The Bertz CT molecular complexity index is 972. The van der Waals surface area contributed by atoms with Gasteiger partial charge in [0.05, 0.1) is 20.3 Å². The number of ether oxygens (including phenoxy) is 3. The Balaban J connectivity index is 2.31. The summed E-state index contributed by atoms with van der Waals surface area (Å²) in [5.41, 5.74) is 2.08. The van der Waals surface area contributed by atoms with E-state index < -0.39 is 5.91 Å².